The lowest BCUT2D eigenvalue weighted by Gasteiger charge is -2.08. The van der Waals surface area contributed by atoms with Gasteiger partial charge in [0.05, 0.1) is 7.11 Å². The minimum Gasteiger partial charge on any atom is -0.496 e. The minimum absolute atomic E-state index is 0.174. The van der Waals surface area contributed by atoms with Crippen LogP contribution in [0.2, 0.25) is 0 Å². The van der Waals surface area contributed by atoms with Crippen molar-refractivity contribution in [1.82, 2.24) is 10.3 Å². The third-order valence-corrected chi connectivity index (χ3v) is 5.94. The van der Waals surface area contributed by atoms with E-state index in [2.05, 4.69) is 57.5 Å². The summed E-state index contributed by atoms with van der Waals surface area (Å²) in [5.74, 6) is 0.854. The van der Waals surface area contributed by atoms with Gasteiger partial charge in [0.25, 0.3) is 0 Å². The van der Waals surface area contributed by atoms with E-state index in [1.807, 2.05) is 42.5 Å². The fourth-order valence-electron chi connectivity index (χ4n) is 3.32. The van der Waals surface area contributed by atoms with E-state index in [-0.39, 0.29) is 11.0 Å². The van der Waals surface area contributed by atoms with E-state index < -0.39 is 0 Å². The monoisotopic (exact) mass is 535 g/mol. The Hall–Kier alpha value is -3.49. The molecule has 0 atom stereocenters. The minimum atomic E-state index is -0.362. The Balaban J connectivity index is 1.43. The Morgan fingerprint density at radius 1 is 1.09 bits per heavy atom. The van der Waals surface area contributed by atoms with Crippen LogP contribution in [-0.2, 0) is 4.79 Å². The van der Waals surface area contributed by atoms with E-state index in [9.17, 15) is 4.79 Å². The number of carbonyl (C=O) groups is 1. The number of oxazole rings is 1. The summed E-state index contributed by atoms with van der Waals surface area (Å²) >= 11 is 8.71. The first kappa shape index (κ1) is 23.7. The molecule has 4 rings (SSSR count). The van der Waals surface area contributed by atoms with Gasteiger partial charge in [-0.2, -0.15) is 0 Å². The SMILES string of the molecule is COc1ccc(Br)cc1/C=C/C(=O)NC(=S)Nc1ccc2oc(-c3ccc(C)c(C)c3)nc2c1. The highest BCUT2D eigenvalue weighted by Crippen LogP contribution is 2.27. The molecule has 0 spiro atoms. The standard InChI is InChI=1S/C26H22BrN3O3S/c1-15-4-5-18(12-16(15)2)25-29-21-14-20(8-10-23(21)33-25)28-26(34)30-24(31)11-6-17-13-19(27)7-9-22(17)32-3/h4-14H,1-3H3,(H2,28,30,31,34)/b11-6+. The van der Waals surface area contributed by atoms with Gasteiger partial charge in [-0.15, -0.1) is 0 Å². The number of ether oxygens (including phenoxy) is 1. The Morgan fingerprint density at radius 3 is 2.68 bits per heavy atom. The first-order valence-electron chi connectivity index (χ1n) is 10.4. The van der Waals surface area contributed by atoms with E-state index >= 15 is 0 Å². The van der Waals surface area contributed by atoms with Crippen LogP contribution in [0, 0.1) is 13.8 Å². The van der Waals surface area contributed by atoms with Crippen molar-refractivity contribution in [3.05, 3.63) is 81.8 Å². The normalized spacial score (nSPS) is 11.1. The molecule has 1 aromatic heterocycles. The van der Waals surface area contributed by atoms with Crippen LogP contribution in [0.4, 0.5) is 5.69 Å². The topological polar surface area (TPSA) is 76.4 Å². The molecular weight excluding hydrogens is 514 g/mol. The van der Waals surface area contributed by atoms with Crippen LogP contribution in [0.25, 0.3) is 28.6 Å². The summed E-state index contributed by atoms with van der Waals surface area (Å²) in [6.07, 6.45) is 3.06. The number of halogens is 1. The number of methoxy groups -OCH3 is 1. The van der Waals surface area contributed by atoms with Gasteiger partial charge in [-0.1, -0.05) is 22.0 Å². The van der Waals surface area contributed by atoms with Crippen LogP contribution in [0.1, 0.15) is 16.7 Å². The van der Waals surface area contributed by atoms with E-state index in [0.29, 0.717) is 28.4 Å². The Labute approximate surface area is 211 Å². The van der Waals surface area contributed by atoms with E-state index in [1.54, 1.807) is 13.2 Å². The number of amides is 1. The van der Waals surface area contributed by atoms with E-state index in [4.69, 9.17) is 21.4 Å². The number of carbonyl (C=O) groups excluding carboxylic acids is 1. The lowest BCUT2D eigenvalue weighted by atomic mass is 10.1. The largest absolute Gasteiger partial charge is 0.496 e. The number of aryl methyl sites for hydroxylation is 2. The summed E-state index contributed by atoms with van der Waals surface area (Å²) < 4.78 is 12.1. The predicted molar refractivity (Wildman–Crippen MR) is 143 cm³/mol. The van der Waals surface area contributed by atoms with Gasteiger partial charge in [0.1, 0.15) is 11.3 Å². The van der Waals surface area contributed by atoms with Crippen LogP contribution in [0.3, 0.4) is 0 Å². The molecule has 172 valence electrons. The van der Waals surface area contributed by atoms with Crippen LogP contribution in [0.5, 0.6) is 5.75 Å². The Bertz CT molecular complexity index is 1430. The molecule has 1 heterocycles. The summed E-state index contributed by atoms with van der Waals surface area (Å²) in [6.45, 7) is 4.13. The summed E-state index contributed by atoms with van der Waals surface area (Å²) in [5, 5.41) is 5.83. The molecule has 0 bridgehead atoms. The quantitative estimate of drug-likeness (QED) is 0.227. The molecule has 0 aliphatic rings. The van der Waals surface area contributed by atoms with Gasteiger partial charge >= 0.3 is 0 Å². The zero-order valence-electron chi connectivity index (χ0n) is 18.8. The molecule has 0 aliphatic carbocycles. The first-order chi connectivity index (χ1) is 16.3. The second-order valence-corrected chi connectivity index (χ2v) is 8.99. The van der Waals surface area contributed by atoms with Gasteiger partial charge in [-0.25, -0.2) is 4.98 Å². The maximum Gasteiger partial charge on any atom is 0.250 e. The molecule has 0 saturated heterocycles. The zero-order chi connectivity index (χ0) is 24.2. The molecule has 0 radical (unpaired) electrons. The van der Waals surface area contributed by atoms with Crippen molar-refractivity contribution >= 4 is 62.0 Å². The molecular formula is C26H22BrN3O3S. The van der Waals surface area contributed by atoms with Gasteiger partial charge in [-0.05, 0) is 91.8 Å². The fraction of sp³-hybridized carbons (Fsp3) is 0.115. The summed E-state index contributed by atoms with van der Waals surface area (Å²) in [5.41, 5.74) is 6.12. The van der Waals surface area contributed by atoms with Crippen LogP contribution in [0.15, 0.2) is 69.6 Å². The highest BCUT2D eigenvalue weighted by atomic mass is 79.9. The van der Waals surface area contributed by atoms with Gasteiger partial charge in [-0.3, -0.25) is 10.1 Å². The van der Waals surface area contributed by atoms with Gasteiger partial charge in [0.15, 0.2) is 10.7 Å². The molecule has 8 heteroatoms. The molecule has 0 aliphatic heterocycles. The van der Waals surface area contributed by atoms with Crippen LogP contribution >= 0.6 is 28.1 Å². The van der Waals surface area contributed by atoms with Crippen molar-refractivity contribution in [3.8, 4) is 17.2 Å². The number of fused-ring (bicyclic) bond motifs is 1. The smallest absolute Gasteiger partial charge is 0.250 e. The van der Waals surface area contributed by atoms with Crippen molar-refractivity contribution in [3.63, 3.8) is 0 Å². The Morgan fingerprint density at radius 2 is 1.91 bits per heavy atom. The fourth-order valence-corrected chi connectivity index (χ4v) is 3.92. The number of anilines is 1. The zero-order valence-corrected chi connectivity index (χ0v) is 21.2. The lowest BCUT2D eigenvalue weighted by Crippen LogP contribution is -2.32. The highest BCUT2D eigenvalue weighted by molar-refractivity contribution is 9.10. The number of aromatic nitrogens is 1. The number of nitrogens with zero attached hydrogens (tertiary/aromatic N) is 1. The molecule has 4 aromatic rings. The average molecular weight is 536 g/mol. The molecule has 1 amide bonds. The van der Waals surface area contributed by atoms with Crippen molar-refractivity contribution in [2.75, 3.05) is 12.4 Å². The van der Waals surface area contributed by atoms with Gasteiger partial charge < -0.3 is 14.5 Å². The van der Waals surface area contributed by atoms with Gasteiger partial charge in [0.2, 0.25) is 11.8 Å². The third kappa shape index (κ3) is 5.52. The summed E-state index contributed by atoms with van der Waals surface area (Å²) in [7, 11) is 1.58. The Kier molecular flexibility index (Phi) is 7.09. The van der Waals surface area contributed by atoms with Crippen molar-refractivity contribution in [2.24, 2.45) is 0 Å². The van der Waals surface area contributed by atoms with Crippen LogP contribution < -0.4 is 15.4 Å². The predicted octanol–water partition coefficient (Wildman–Crippen LogP) is 6.41. The number of hydrogen-bond acceptors (Lipinski definition) is 5. The third-order valence-electron chi connectivity index (χ3n) is 5.24. The van der Waals surface area contributed by atoms with E-state index in [1.165, 1.54) is 17.2 Å². The average Bonchev–Trinajstić information content (AvgIpc) is 3.23. The lowest BCUT2D eigenvalue weighted by molar-refractivity contribution is -0.115. The van der Waals surface area contributed by atoms with Crippen molar-refractivity contribution in [1.29, 1.82) is 0 Å². The second-order valence-electron chi connectivity index (χ2n) is 7.66. The molecule has 3 aromatic carbocycles. The first-order valence-corrected chi connectivity index (χ1v) is 11.6. The van der Waals surface area contributed by atoms with E-state index in [0.717, 1.165) is 15.6 Å². The summed E-state index contributed by atoms with van der Waals surface area (Å²) in [6, 6.07) is 17.1. The molecule has 0 unspecified atom stereocenters. The molecule has 6 nitrogen and oxygen atoms in total. The van der Waals surface area contributed by atoms with Gasteiger partial charge in [0, 0.05) is 27.4 Å². The second kappa shape index (κ2) is 10.2. The highest BCUT2D eigenvalue weighted by Gasteiger charge is 2.11. The number of nitrogens with one attached hydrogen (secondary N) is 2. The number of hydrogen-bond donors (Lipinski definition) is 2. The number of thiocarbonyl (C=S) groups is 1. The maximum atomic E-state index is 12.3. The maximum absolute atomic E-state index is 12.3. The molecule has 34 heavy (non-hydrogen) atoms. The molecule has 2 N–H and O–H groups in total. The molecule has 0 saturated carbocycles. The summed E-state index contributed by atoms with van der Waals surface area (Å²) in [4.78, 5) is 16.9. The van der Waals surface area contributed by atoms with Crippen molar-refractivity contribution in [2.45, 2.75) is 13.8 Å². The molecule has 0 fully saturated rings. The van der Waals surface area contributed by atoms with Crippen LogP contribution in [-0.4, -0.2) is 23.1 Å². The van der Waals surface area contributed by atoms with Crippen molar-refractivity contribution < 1.29 is 13.9 Å². The number of benzene rings is 3. The number of rotatable bonds is 5.